The molecule has 7 nitrogen and oxygen atoms in total. The Morgan fingerprint density at radius 3 is 2.33 bits per heavy atom. The number of halogens is 1. The highest BCUT2D eigenvalue weighted by atomic mass is 79.9. The maximum absolute atomic E-state index is 12.0. The summed E-state index contributed by atoms with van der Waals surface area (Å²) in [5.74, 6) is 0.0921. The zero-order chi connectivity index (χ0) is 19.8. The molecule has 0 saturated carbocycles. The van der Waals surface area contributed by atoms with Gasteiger partial charge in [0.15, 0.2) is 5.78 Å². The van der Waals surface area contributed by atoms with Crippen LogP contribution >= 0.6 is 15.9 Å². The summed E-state index contributed by atoms with van der Waals surface area (Å²) in [6, 6.07) is 10.2. The normalized spacial score (nSPS) is 10.5. The standard InChI is InChI=1S/C19H21BrN4O3/c1-13(25)14-3-6-16(7-4-14)22-18(26)9-10-24(2)12-19(27)23-17-8-5-15(20)11-21-17/h3-8,11H,9-10,12H2,1-2H3,(H,22,26)(H,21,23,27). The molecule has 0 radical (unpaired) electrons. The predicted octanol–water partition coefficient (Wildman–Crippen LogP) is 2.95. The number of Topliss-reactive ketones (excluding diaryl/α,β-unsaturated/α-hetero) is 1. The van der Waals surface area contributed by atoms with Gasteiger partial charge < -0.3 is 10.6 Å². The fraction of sp³-hybridized carbons (Fsp3) is 0.263. The van der Waals surface area contributed by atoms with Crippen molar-refractivity contribution in [3.8, 4) is 0 Å². The van der Waals surface area contributed by atoms with Gasteiger partial charge in [-0.2, -0.15) is 0 Å². The van der Waals surface area contributed by atoms with Crippen molar-refractivity contribution in [2.75, 3.05) is 30.8 Å². The summed E-state index contributed by atoms with van der Waals surface area (Å²) >= 11 is 3.28. The van der Waals surface area contributed by atoms with Crippen molar-refractivity contribution in [3.05, 3.63) is 52.6 Å². The summed E-state index contributed by atoms with van der Waals surface area (Å²) in [4.78, 5) is 41.1. The largest absolute Gasteiger partial charge is 0.326 e. The minimum atomic E-state index is -0.201. The van der Waals surface area contributed by atoms with E-state index in [9.17, 15) is 14.4 Å². The fourth-order valence-corrected chi connectivity index (χ4v) is 2.50. The van der Waals surface area contributed by atoms with E-state index in [1.54, 1.807) is 54.5 Å². The first-order valence-electron chi connectivity index (χ1n) is 8.34. The van der Waals surface area contributed by atoms with Gasteiger partial charge in [-0.05, 0) is 66.3 Å². The van der Waals surface area contributed by atoms with Crippen LogP contribution in [0.25, 0.3) is 0 Å². The lowest BCUT2D eigenvalue weighted by Crippen LogP contribution is -2.32. The lowest BCUT2D eigenvalue weighted by molar-refractivity contribution is -0.119. The molecule has 0 aliphatic rings. The van der Waals surface area contributed by atoms with Gasteiger partial charge in [0.1, 0.15) is 5.82 Å². The molecule has 0 atom stereocenters. The van der Waals surface area contributed by atoms with Crippen LogP contribution in [-0.2, 0) is 9.59 Å². The number of hydrogen-bond acceptors (Lipinski definition) is 5. The number of nitrogens with zero attached hydrogens (tertiary/aromatic N) is 2. The first-order chi connectivity index (χ1) is 12.8. The van der Waals surface area contributed by atoms with Gasteiger partial charge in [0, 0.05) is 34.9 Å². The zero-order valence-corrected chi connectivity index (χ0v) is 16.7. The Hall–Kier alpha value is -2.58. The lowest BCUT2D eigenvalue weighted by Gasteiger charge is -2.16. The average Bonchev–Trinajstić information content (AvgIpc) is 2.62. The highest BCUT2D eigenvalue weighted by molar-refractivity contribution is 9.10. The van der Waals surface area contributed by atoms with Gasteiger partial charge in [0.2, 0.25) is 11.8 Å². The summed E-state index contributed by atoms with van der Waals surface area (Å²) in [5.41, 5.74) is 1.23. The molecule has 1 heterocycles. The molecule has 1 aromatic carbocycles. The number of pyridine rings is 1. The predicted molar refractivity (Wildman–Crippen MR) is 108 cm³/mol. The van der Waals surface area contributed by atoms with Crippen LogP contribution in [-0.4, -0.2) is 47.6 Å². The molecule has 1 aromatic heterocycles. The number of amides is 2. The van der Waals surface area contributed by atoms with Crippen LogP contribution in [0.2, 0.25) is 0 Å². The van der Waals surface area contributed by atoms with Gasteiger partial charge in [-0.1, -0.05) is 0 Å². The number of nitrogens with one attached hydrogen (secondary N) is 2. The number of likely N-dealkylation sites (N-methyl/N-ethyl adjacent to an activating group) is 1. The van der Waals surface area contributed by atoms with E-state index in [0.29, 0.717) is 23.6 Å². The second-order valence-corrected chi connectivity index (χ2v) is 7.00. The summed E-state index contributed by atoms with van der Waals surface area (Å²) in [6.07, 6.45) is 1.85. The zero-order valence-electron chi connectivity index (χ0n) is 15.2. The molecule has 0 aliphatic carbocycles. The third-order valence-electron chi connectivity index (χ3n) is 3.70. The van der Waals surface area contributed by atoms with Gasteiger partial charge in [-0.25, -0.2) is 4.98 Å². The Labute approximate surface area is 166 Å². The second-order valence-electron chi connectivity index (χ2n) is 6.08. The van der Waals surface area contributed by atoms with Gasteiger partial charge in [0.25, 0.3) is 0 Å². The van der Waals surface area contributed by atoms with Crippen molar-refractivity contribution in [2.24, 2.45) is 0 Å². The van der Waals surface area contributed by atoms with Crippen molar-refractivity contribution < 1.29 is 14.4 Å². The van der Waals surface area contributed by atoms with E-state index in [4.69, 9.17) is 0 Å². The molecule has 0 saturated heterocycles. The van der Waals surface area contributed by atoms with Crippen LogP contribution in [0.4, 0.5) is 11.5 Å². The molecule has 2 rings (SSSR count). The van der Waals surface area contributed by atoms with Gasteiger partial charge in [0.05, 0.1) is 6.54 Å². The SMILES string of the molecule is CC(=O)c1ccc(NC(=O)CCN(C)CC(=O)Nc2ccc(Br)cn2)cc1. The van der Waals surface area contributed by atoms with Gasteiger partial charge >= 0.3 is 0 Å². The number of aromatic nitrogens is 1. The fourth-order valence-electron chi connectivity index (χ4n) is 2.26. The maximum Gasteiger partial charge on any atom is 0.239 e. The van der Waals surface area contributed by atoms with Crippen LogP contribution in [0.5, 0.6) is 0 Å². The number of hydrogen-bond donors (Lipinski definition) is 2. The van der Waals surface area contributed by atoms with E-state index in [1.807, 2.05) is 0 Å². The van der Waals surface area contributed by atoms with Crippen LogP contribution in [0.15, 0.2) is 47.1 Å². The van der Waals surface area contributed by atoms with E-state index in [1.165, 1.54) is 6.92 Å². The highest BCUT2D eigenvalue weighted by Crippen LogP contribution is 2.11. The number of benzene rings is 1. The van der Waals surface area contributed by atoms with E-state index < -0.39 is 0 Å². The number of ketones is 1. The molecule has 142 valence electrons. The number of carbonyl (C=O) groups is 3. The summed E-state index contributed by atoms with van der Waals surface area (Å²) in [7, 11) is 1.77. The van der Waals surface area contributed by atoms with Crippen LogP contribution in [0, 0.1) is 0 Å². The molecular formula is C19H21BrN4O3. The summed E-state index contributed by atoms with van der Waals surface area (Å²) in [5, 5.41) is 5.47. The molecular weight excluding hydrogens is 412 g/mol. The average molecular weight is 433 g/mol. The van der Waals surface area contributed by atoms with Crippen molar-refractivity contribution in [3.63, 3.8) is 0 Å². The molecule has 27 heavy (non-hydrogen) atoms. The number of anilines is 2. The van der Waals surface area contributed by atoms with Crippen LogP contribution in [0.1, 0.15) is 23.7 Å². The van der Waals surface area contributed by atoms with E-state index in [0.717, 1.165) is 4.47 Å². The Morgan fingerprint density at radius 1 is 1.04 bits per heavy atom. The summed E-state index contributed by atoms with van der Waals surface area (Å²) in [6.45, 7) is 2.07. The Morgan fingerprint density at radius 2 is 1.74 bits per heavy atom. The Balaban J connectivity index is 1.73. The molecule has 2 aromatic rings. The lowest BCUT2D eigenvalue weighted by atomic mass is 10.1. The van der Waals surface area contributed by atoms with Crippen molar-refractivity contribution in [1.82, 2.24) is 9.88 Å². The maximum atomic E-state index is 12.0. The Kier molecular flexibility index (Phi) is 7.63. The van der Waals surface area contributed by atoms with Gasteiger partial charge in [-0.15, -0.1) is 0 Å². The van der Waals surface area contributed by atoms with Crippen molar-refractivity contribution in [1.29, 1.82) is 0 Å². The minimum absolute atomic E-state index is 0.0221. The van der Waals surface area contributed by atoms with Gasteiger partial charge in [-0.3, -0.25) is 19.3 Å². The molecule has 0 unspecified atom stereocenters. The third kappa shape index (κ3) is 7.28. The quantitative estimate of drug-likeness (QED) is 0.625. The second kappa shape index (κ2) is 9.94. The minimum Gasteiger partial charge on any atom is -0.326 e. The van der Waals surface area contributed by atoms with Crippen molar-refractivity contribution >= 4 is 45.0 Å². The molecule has 0 aliphatic heterocycles. The smallest absolute Gasteiger partial charge is 0.239 e. The number of carbonyl (C=O) groups excluding carboxylic acids is 3. The first-order valence-corrected chi connectivity index (χ1v) is 9.13. The molecule has 0 fully saturated rings. The molecule has 8 heteroatoms. The number of rotatable bonds is 8. The summed E-state index contributed by atoms with van der Waals surface area (Å²) < 4.78 is 0.833. The molecule has 2 N–H and O–H groups in total. The highest BCUT2D eigenvalue weighted by Gasteiger charge is 2.10. The van der Waals surface area contributed by atoms with E-state index in [2.05, 4.69) is 31.5 Å². The topological polar surface area (TPSA) is 91.4 Å². The monoisotopic (exact) mass is 432 g/mol. The first kappa shape index (κ1) is 20.7. The van der Waals surface area contributed by atoms with Crippen molar-refractivity contribution in [2.45, 2.75) is 13.3 Å². The third-order valence-corrected chi connectivity index (χ3v) is 4.17. The molecule has 0 bridgehead atoms. The van der Waals surface area contributed by atoms with Crippen LogP contribution < -0.4 is 10.6 Å². The Bertz CT molecular complexity index is 807. The molecule has 2 amide bonds. The molecule has 0 spiro atoms. The van der Waals surface area contributed by atoms with Crippen LogP contribution in [0.3, 0.4) is 0 Å². The van der Waals surface area contributed by atoms with E-state index in [-0.39, 0.29) is 30.6 Å². The van der Waals surface area contributed by atoms with E-state index >= 15 is 0 Å².